The molecule has 0 saturated heterocycles. The van der Waals surface area contributed by atoms with Gasteiger partial charge in [-0.1, -0.05) is 62.4 Å². The van der Waals surface area contributed by atoms with Crippen LogP contribution in [0.15, 0.2) is 35.5 Å². The van der Waals surface area contributed by atoms with E-state index in [0.29, 0.717) is 11.0 Å². The number of carbonyl (C=O) groups is 2. The van der Waals surface area contributed by atoms with E-state index in [1.54, 1.807) is 0 Å². The van der Waals surface area contributed by atoms with Crippen LogP contribution in [-0.2, 0) is 14.3 Å². The van der Waals surface area contributed by atoms with Crippen molar-refractivity contribution in [3.05, 3.63) is 30.3 Å². The Morgan fingerprint density at radius 3 is 2.68 bits per heavy atom. The summed E-state index contributed by atoms with van der Waals surface area (Å²) in [4.78, 5) is 28.3. The number of nitrogens with zero attached hydrogens (tertiary/aromatic N) is 2. The first-order valence-electron chi connectivity index (χ1n) is 8.03. The number of aromatic amines is 1. The molecule has 134 valence electrons. The first-order valence-corrected chi connectivity index (χ1v) is 9.01. The van der Waals surface area contributed by atoms with Crippen molar-refractivity contribution >= 4 is 23.6 Å². The second-order valence-electron chi connectivity index (χ2n) is 5.58. The normalized spacial score (nSPS) is 13.1. The molecule has 25 heavy (non-hydrogen) atoms. The van der Waals surface area contributed by atoms with Gasteiger partial charge in [0.15, 0.2) is 5.82 Å². The number of nitrogens with one attached hydrogen (secondary N) is 2. The van der Waals surface area contributed by atoms with E-state index in [1.165, 1.54) is 18.9 Å². The Hall–Kier alpha value is -2.35. The van der Waals surface area contributed by atoms with Crippen molar-refractivity contribution < 1.29 is 14.3 Å². The number of H-pyrrole nitrogens is 1. The molecule has 1 aromatic carbocycles. The third-order valence-corrected chi connectivity index (χ3v) is 4.68. The average Bonchev–Trinajstić information content (AvgIpc) is 3.13. The molecule has 0 spiro atoms. The maximum atomic E-state index is 12.1. The van der Waals surface area contributed by atoms with E-state index in [1.807, 2.05) is 44.2 Å². The highest BCUT2D eigenvalue weighted by Gasteiger charge is 2.26. The molecule has 2 rings (SSSR count). The lowest BCUT2D eigenvalue weighted by Crippen LogP contribution is -2.46. The lowest BCUT2D eigenvalue weighted by atomic mass is 9.99. The quantitative estimate of drug-likeness (QED) is 0.552. The minimum atomic E-state index is -0.643. The maximum absolute atomic E-state index is 12.1. The predicted octanol–water partition coefficient (Wildman–Crippen LogP) is 2.27. The summed E-state index contributed by atoms with van der Waals surface area (Å²) in [5, 5.41) is 10.2. The van der Waals surface area contributed by atoms with E-state index >= 15 is 0 Å². The molecular formula is C17H22N4O3S. The molecule has 1 amide bonds. The fraction of sp³-hybridized carbons (Fsp3) is 0.412. The van der Waals surface area contributed by atoms with Crippen LogP contribution in [0.2, 0.25) is 0 Å². The van der Waals surface area contributed by atoms with E-state index in [9.17, 15) is 9.59 Å². The lowest BCUT2D eigenvalue weighted by molar-refractivity contribution is -0.146. The zero-order chi connectivity index (χ0) is 18.2. The van der Waals surface area contributed by atoms with Gasteiger partial charge in [-0.3, -0.25) is 9.89 Å². The van der Waals surface area contributed by atoms with E-state index < -0.39 is 12.0 Å². The number of carbonyl (C=O) groups excluding carboxylic acids is 2. The molecule has 0 bridgehead atoms. The number of amides is 1. The minimum absolute atomic E-state index is 0.00501. The van der Waals surface area contributed by atoms with E-state index in [0.717, 1.165) is 12.0 Å². The van der Waals surface area contributed by atoms with Crippen LogP contribution < -0.4 is 5.32 Å². The molecule has 8 heteroatoms. The number of methoxy groups -OCH3 is 1. The smallest absolute Gasteiger partial charge is 0.328 e. The van der Waals surface area contributed by atoms with Crippen LogP contribution in [0.3, 0.4) is 0 Å². The molecule has 7 nitrogen and oxygen atoms in total. The monoisotopic (exact) mass is 362 g/mol. The zero-order valence-electron chi connectivity index (χ0n) is 14.5. The molecule has 0 aliphatic rings. The van der Waals surface area contributed by atoms with Crippen molar-refractivity contribution in [3.63, 3.8) is 0 Å². The average molecular weight is 362 g/mol. The van der Waals surface area contributed by atoms with Crippen LogP contribution >= 0.6 is 11.8 Å². The van der Waals surface area contributed by atoms with E-state index in [-0.39, 0.29) is 17.6 Å². The summed E-state index contributed by atoms with van der Waals surface area (Å²) in [6.07, 6.45) is 0.758. The van der Waals surface area contributed by atoms with Gasteiger partial charge in [-0.2, -0.15) is 0 Å². The highest BCUT2D eigenvalue weighted by Crippen LogP contribution is 2.19. The third-order valence-electron chi connectivity index (χ3n) is 3.83. The topological polar surface area (TPSA) is 97.0 Å². The van der Waals surface area contributed by atoms with Crippen molar-refractivity contribution in [1.82, 2.24) is 20.5 Å². The number of aromatic nitrogens is 3. The van der Waals surface area contributed by atoms with Crippen molar-refractivity contribution in [3.8, 4) is 11.4 Å². The highest BCUT2D eigenvalue weighted by molar-refractivity contribution is 7.99. The number of ether oxygens (including phenoxy) is 1. The van der Waals surface area contributed by atoms with Gasteiger partial charge in [-0.15, -0.1) is 5.10 Å². The Kier molecular flexibility index (Phi) is 7.00. The summed E-state index contributed by atoms with van der Waals surface area (Å²) in [7, 11) is 1.32. The summed E-state index contributed by atoms with van der Waals surface area (Å²) in [5.41, 5.74) is 0.925. The molecule has 0 aliphatic heterocycles. The van der Waals surface area contributed by atoms with Gasteiger partial charge >= 0.3 is 5.97 Å². The SMILES string of the molecule is CC[C@@H](C)[C@H](NC(=O)CSc1n[nH]c(-c2ccccc2)n1)C(=O)OC. The van der Waals surface area contributed by atoms with Crippen LogP contribution in [-0.4, -0.2) is 46.0 Å². The molecular weight excluding hydrogens is 340 g/mol. The van der Waals surface area contributed by atoms with Crippen LogP contribution in [0.5, 0.6) is 0 Å². The standard InChI is InChI=1S/C17H22N4O3S/c1-4-11(2)14(16(23)24-3)18-13(22)10-25-17-19-15(20-21-17)12-8-6-5-7-9-12/h5-9,11,14H,4,10H2,1-3H3,(H,18,22)(H,19,20,21)/t11-,14+/m1/s1. The molecule has 0 aliphatic carbocycles. The Morgan fingerprint density at radius 1 is 1.32 bits per heavy atom. The van der Waals surface area contributed by atoms with Crippen LogP contribution in [0.1, 0.15) is 20.3 Å². The van der Waals surface area contributed by atoms with Gasteiger partial charge in [0.2, 0.25) is 11.1 Å². The zero-order valence-corrected chi connectivity index (χ0v) is 15.3. The number of hydrogen-bond donors (Lipinski definition) is 2. The van der Waals surface area contributed by atoms with Crippen molar-refractivity contribution in [1.29, 1.82) is 0 Å². The van der Waals surface area contributed by atoms with E-state index in [2.05, 4.69) is 20.5 Å². The van der Waals surface area contributed by atoms with Gasteiger partial charge in [0.05, 0.1) is 12.9 Å². The fourth-order valence-electron chi connectivity index (χ4n) is 2.18. The molecule has 0 fully saturated rings. The molecule has 0 saturated carbocycles. The Morgan fingerprint density at radius 2 is 2.04 bits per heavy atom. The molecule has 2 aromatic rings. The van der Waals surface area contributed by atoms with Gasteiger partial charge in [-0.05, 0) is 5.92 Å². The number of hydrogen-bond acceptors (Lipinski definition) is 6. The molecule has 1 heterocycles. The summed E-state index contributed by atoms with van der Waals surface area (Å²) in [5.74, 6) is 0.0737. The largest absolute Gasteiger partial charge is 0.467 e. The van der Waals surface area contributed by atoms with Crippen LogP contribution in [0, 0.1) is 5.92 Å². The lowest BCUT2D eigenvalue weighted by Gasteiger charge is -2.21. The van der Waals surface area contributed by atoms with Crippen LogP contribution in [0.25, 0.3) is 11.4 Å². The van der Waals surface area contributed by atoms with E-state index in [4.69, 9.17) is 4.74 Å². The summed E-state index contributed by atoms with van der Waals surface area (Å²) in [6, 6.07) is 8.97. The van der Waals surface area contributed by atoms with Gasteiger partial charge in [0.25, 0.3) is 0 Å². The van der Waals surface area contributed by atoms with Crippen molar-refractivity contribution in [2.24, 2.45) is 5.92 Å². The second kappa shape index (κ2) is 9.22. The molecule has 2 N–H and O–H groups in total. The Labute approximate surface area is 150 Å². The second-order valence-corrected chi connectivity index (χ2v) is 6.52. The minimum Gasteiger partial charge on any atom is -0.467 e. The molecule has 2 atom stereocenters. The molecule has 1 aromatic heterocycles. The van der Waals surface area contributed by atoms with Crippen LogP contribution in [0.4, 0.5) is 0 Å². The van der Waals surface area contributed by atoms with Gasteiger partial charge in [0, 0.05) is 5.56 Å². The molecule has 0 unspecified atom stereocenters. The number of thioether (sulfide) groups is 1. The molecule has 0 radical (unpaired) electrons. The number of rotatable bonds is 8. The maximum Gasteiger partial charge on any atom is 0.328 e. The first-order chi connectivity index (χ1) is 12.0. The number of benzene rings is 1. The summed E-state index contributed by atoms with van der Waals surface area (Å²) < 4.78 is 4.76. The summed E-state index contributed by atoms with van der Waals surface area (Å²) in [6.45, 7) is 3.86. The first kappa shape index (κ1) is 19.0. The van der Waals surface area contributed by atoms with Gasteiger partial charge in [-0.25, -0.2) is 9.78 Å². The summed E-state index contributed by atoms with van der Waals surface area (Å²) >= 11 is 1.21. The predicted molar refractivity (Wildman–Crippen MR) is 95.9 cm³/mol. The van der Waals surface area contributed by atoms with Gasteiger partial charge < -0.3 is 10.1 Å². The Bertz CT molecular complexity index is 705. The van der Waals surface area contributed by atoms with Gasteiger partial charge in [0.1, 0.15) is 6.04 Å². The third kappa shape index (κ3) is 5.32. The number of esters is 1. The fourth-order valence-corrected chi connectivity index (χ4v) is 2.79. The van der Waals surface area contributed by atoms with Crippen molar-refractivity contribution in [2.45, 2.75) is 31.5 Å². The Balaban J connectivity index is 1.91. The highest BCUT2D eigenvalue weighted by atomic mass is 32.2. The van der Waals surface area contributed by atoms with Crippen molar-refractivity contribution in [2.75, 3.05) is 12.9 Å².